The molecule has 0 spiro atoms. The number of hydrogen-bond donors (Lipinski definition) is 2. The minimum absolute atomic E-state index is 0.0551. The fourth-order valence-electron chi connectivity index (χ4n) is 3.65. The number of hydrogen-bond acceptors (Lipinski definition) is 4. The molecule has 0 unspecified atom stereocenters. The number of carbonyl (C=O) groups excluding carboxylic acids is 1. The van der Waals surface area contributed by atoms with Gasteiger partial charge in [-0.2, -0.15) is 0 Å². The van der Waals surface area contributed by atoms with Crippen LogP contribution in [0, 0.1) is 5.82 Å². The lowest BCUT2D eigenvalue weighted by Crippen LogP contribution is -2.19. The van der Waals surface area contributed by atoms with E-state index in [9.17, 15) is 17.6 Å². The lowest BCUT2D eigenvalue weighted by atomic mass is 10.1. The number of primary amides is 1. The van der Waals surface area contributed by atoms with E-state index in [0.717, 1.165) is 12.0 Å². The van der Waals surface area contributed by atoms with Crippen molar-refractivity contribution in [3.63, 3.8) is 0 Å². The molecule has 8 heteroatoms. The second-order valence-corrected chi connectivity index (χ2v) is 9.95. The van der Waals surface area contributed by atoms with E-state index in [-0.39, 0.29) is 10.5 Å². The summed E-state index contributed by atoms with van der Waals surface area (Å²) in [6.07, 6.45) is 1.14. The average molecular weight is 470 g/mol. The van der Waals surface area contributed by atoms with Crippen molar-refractivity contribution in [2.24, 2.45) is 5.73 Å². The molecule has 6 nitrogen and oxygen atoms in total. The Labute approximate surface area is 194 Å². The van der Waals surface area contributed by atoms with Crippen LogP contribution in [-0.4, -0.2) is 26.4 Å². The van der Waals surface area contributed by atoms with Crippen molar-refractivity contribution >= 4 is 21.6 Å². The number of rotatable bonds is 5. The van der Waals surface area contributed by atoms with Crippen LogP contribution in [0.25, 0.3) is 0 Å². The third-order valence-electron chi connectivity index (χ3n) is 5.37. The highest BCUT2D eigenvalue weighted by atomic mass is 32.2. The van der Waals surface area contributed by atoms with Crippen molar-refractivity contribution in [2.45, 2.75) is 37.1 Å². The quantitative estimate of drug-likeness (QED) is 0.576. The zero-order valence-electron chi connectivity index (χ0n) is 18.7. The van der Waals surface area contributed by atoms with E-state index in [0.29, 0.717) is 24.3 Å². The summed E-state index contributed by atoms with van der Waals surface area (Å²) in [5.41, 5.74) is 8.42. The maximum absolute atomic E-state index is 14.6. The van der Waals surface area contributed by atoms with Gasteiger partial charge in [0.15, 0.2) is 9.84 Å². The lowest BCUT2D eigenvalue weighted by molar-refractivity contribution is 0.259. The number of amides is 2. The van der Waals surface area contributed by atoms with Crippen LogP contribution >= 0.6 is 0 Å². The summed E-state index contributed by atoms with van der Waals surface area (Å²) in [5, 5.41) is 2.35. The van der Waals surface area contributed by atoms with E-state index in [2.05, 4.69) is 36.5 Å². The predicted octanol–water partition coefficient (Wildman–Crippen LogP) is 4.48. The van der Waals surface area contributed by atoms with Crippen LogP contribution in [0.5, 0.6) is 0 Å². The third-order valence-corrected chi connectivity index (χ3v) is 7.05. The Kier molecular flexibility index (Phi) is 7.84. The lowest BCUT2D eigenvalue weighted by Gasteiger charge is -2.09. The molecule has 0 radical (unpaired) electrons. The fourth-order valence-corrected chi connectivity index (χ4v) is 5.00. The van der Waals surface area contributed by atoms with Gasteiger partial charge in [-0.1, -0.05) is 49.4 Å². The van der Waals surface area contributed by atoms with E-state index < -0.39 is 27.4 Å². The van der Waals surface area contributed by atoms with Crippen molar-refractivity contribution in [1.82, 2.24) is 4.90 Å². The number of benzene rings is 3. The molecule has 3 aromatic rings. The molecule has 0 atom stereocenters. The average Bonchev–Trinajstić information content (AvgIpc) is 3.18. The van der Waals surface area contributed by atoms with Gasteiger partial charge >= 0.3 is 6.03 Å². The summed E-state index contributed by atoms with van der Waals surface area (Å²) < 4.78 is 39.8. The molecule has 0 aliphatic carbocycles. The zero-order valence-corrected chi connectivity index (χ0v) is 19.5. The van der Waals surface area contributed by atoms with Crippen LogP contribution in [0.4, 0.5) is 14.9 Å². The molecule has 33 heavy (non-hydrogen) atoms. The number of nitrogens with zero attached hydrogens (tertiary/aromatic N) is 1. The van der Waals surface area contributed by atoms with Crippen molar-refractivity contribution in [2.75, 3.05) is 12.4 Å². The summed E-state index contributed by atoms with van der Waals surface area (Å²) in [5.74, 6) is -0.865. The van der Waals surface area contributed by atoms with Gasteiger partial charge in [-0.3, -0.25) is 4.90 Å². The van der Waals surface area contributed by atoms with Crippen LogP contribution in [-0.2, 0) is 35.1 Å². The zero-order chi connectivity index (χ0) is 24.0. The Bertz CT molecular complexity index is 1210. The highest BCUT2D eigenvalue weighted by molar-refractivity contribution is 7.90. The summed E-state index contributed by atoms with van der Waals surface area (Å²) in [6.45, 7) is 3.30. The smallest absolute Gasteiger partial charge is 0.316 e. The van der Waals surface area contributed by atoms with Crippen molar-refractivity contribution in [3.05, 3.63) is 94.8 Å². The number of carbonyl (C=O) groups is 1. The summed E-state index contributed by atoms with van der Waals surface area (Å²) in [4.78, 5) is 12.8. The standard InChI is InChI=1S/C17H18FN3O3S.C8H10/c1-21-8-11-2-3-12(16(18)15(11)9-21)10-25(23,24)14-6-4-13(5-7-14)20-17(19)22;1-2-8-6-4-3-5-7-8/h2-7H,8-10H2,1H3,(H3,19,20,22);3-7H,2H2,1H3. The monoisotopic (exact) mass is 469 g/mol. The molecule has 0 saturated heterocycles. The summed E-state index contributed by atoms with van der Waals surface area (Å²) in [7, 11) is -1.82. The highest BCUT2D eigenvalue weighted by Gasteiger charge is 2.24. The number of anilines is 1. The fraction of sp³-hybridized carbons (Fsp3) is 0.240. The van der Waals surface area contributed by atoms with Crippen LogP contribution in [0.15, 0.2) is 71.6 Å². The van der Waals surface area contributed by atoms with Crippen LogP contribution in [0.2, 0.25) is 0 Å². The van der Waals surface area contributed by atoms with Crippen molar-refractivity contribution in [1.29, 1.82) is 0 Å². The van der Waals surface area contributed by atoms with Crippen LogP contribution in [0.1, 0.15) is 29.2 Å². The second kappa shape index (κ2) is 10.6. The third kappa shape index (κ3) is 6.40. The Morgan fingerprint density at radius 1 is 1.03 bits per heavy atom. The minimum Gasteiger partial charge on any atom is -0.351 e. The molecule has 1 aliphatic heterocycles. The van der Waals surface area contributed by atoms with Gasteiger partial charge in [0, 0.05) is 29.9 Å². The summed E-state index contributed by atoms with van der Waals surface area (Å²) in [6, 6.07) is 18.6. The number of nitrogens with two attached hydrogens (primary N) is 1. The molecule has 0 fully saturated rings. The number of halogens is 1. The van der Waals surface area contributed by atoms with Gasteiger partial charge in [-0.15, -0.1) is 0 Å². The molecule has 174 valence electrons. The Morgan fingerprint density at radius 3 is 2.27 bits per heavy atom. The van der Waals surface area contributed by atoms with Gasteiger partial charge in [0.2, 0.25) is 0 Å². The molecule has 3 aromatic carbocycles. The van der Waals surface area contributed by atoms with Gasteiger partial charge in [0.05, 0.1) is 10.6 Å². The molecule has 0 saturated carbocycles. The first-order valence-corrected chi connectivity index (χ1v) is 12.3. The maximum atomic E-state index is 14.6. The molecule has 2 amide bonds. The molecular formula is C25H28FN3O3S. The van der Waals surface area contributed by atoms with Gasteiger partial charge in [0.25, 0.3) is 0 Å². The molecule has 4 rings (SSSR count). The largest absolute Gasteiger partial charge is 0.351 e. The van der Waals surface area contributed by atoms with Crippen molar-refractivity contribution < 1.29 is 17.6 Å². The van der Waals surface area contributed by atoms with E-state index in [1.165, 1.54) is 35.9 Å². The normalized spacial score (nSPS) is 13.1. The first-order chi connectivity index (χ1) is 15.7. The first-order valence-electron chi connectivity index (χ1n) is 10.6. The highest BCUT2D eigenvalue weighted by Crippen LogP contribution is 2.28. The van der Waals surface area contributed by atoms with E-state index in [1.54, 1.807) is 6.07 Å². The van der Waals surface area contributed by atoms with E-state index in [4.69, 9.17) is 5.73 Å². The van der Waals surface area contributed by atoms with Crippen LogP contribution in [0.3, 0.4) is 0 Å². The molecule has 0 aromatic heterocycles. The summed E-state index contributed by atoms with van der Waals surface area (Å²) >= 11 is 0. The molecule has 1 heterocycles. The second-order valence-electron chi connectivity index (χ2n) is 7.96. The minimum atomic E-state index is -3.71. The van der Waals surface area contributed by atoms with E-state index >= 15 is 0 Å². The van der Waals surface area contributed by atoms with Gasteiger partial charge < -0.3 is 11.1 Å². The van der Waals surface area contributed by atoms with Crippen LogP contribution < -0.4 is 11.1 Å². The Balaban J connectivity index is 0.000000323. The predicted molar refractivity (Wildman–Crippen MR) is 128 cm³/mol. The SMILES string of the molecule is CCc1ccccc1.CN1Cc2ccc(CS(=O)(=O)c3ccc(NC(N)=O)cc3)c(F)c2C1. The number of aryl methyl sites for hydroxylation is 1. The molecular weight excluding hydrogens is 441 g/mol. The van der Waals surface area contributed by atoms with Gasteiger partial charge in [-0.05, 0) is 48.9 Å². The van der Waals surface area contributed by atoms with E-state index in [1.807, 2.05) is 18.0 Å². The Hall–Kier alpha value is -3.23. The van der Waals surface area contributed by atoms with Gasteiger partial charge in [0.1, 0.15) is 5.82 Å². The first kappa shape index (κ1) is 24.4. The topological polar surface area (TPSA) is 92.5 Å². The molecule has 0 bridgehead atoms. The number of fused-ring (bicyclic) bond motifs is 1. The maximum Gasteiger partial charge on any atom is 0.316 e. The Morgan fingerprint density at radius 2 is 1.70 bits per heavy atom. The van der Waals surface area contributed by atoms with Crippen molar-refractivity contribution in [3.8, 4) is 0 Å². The number of sulfone groups is 1. The molecule has 3 N–H and O–H groups in total. The van der Waals surface area contributed by atoms with Gasteiger partial charge in [-0.25, -0.2) is 17.6 Å². The number of nitrogens with one attached hydrogen (secondary N) is 1. The molecule has 1 aliphatic rings. The number of urea groups is 1.